The molecule has 24 heteroatoms. The Labute approximate surface area is 394 Å². The second-order valence-corrected chi connectivity index (χ2v) is 15.9. The maximum Gasteiger partial charge on any atom is 0.270 e. The van der Waals surface area contributed by atoms with Crippen molar-refractivity contribution in [2.75, 3.05) is 13.2 Å². The van der Waals surface area contributed by atoms with E-state index in [1.165, 1.54) is 38.4 Å². The van der Waals surface area contributed by atoms with Crippen LogP contribution in [0.25, 0.3) is 0 Å². The highest BCUT2D eigenvalue weighted by Gasteiger charge is 2.32. The Morgan fingerprint density at radius 2 is 0.897 bits per heavy atom. The quantitative estimate of drug-likeness (QED) is 0.0353. The van der Waals surface area contributed by atoms with E-state index >= 15 is 0 Å². The molecular formula is C44H66N12O12. The van der Waals surface area contributed by atoms with Crippen molar-refractivity contribution in [3.05, 3.63) is 60.2 Å². The number of aliphatic hydroxyl groups is 2. The lowest BCUT2D eigenvalue weighted by atomic mass is 10.0. The van der Waals surface area contributed by atoms with Crippen LogP contribution in [0.1, 0.15) is 113 Å². The van der Waals surface area contributed by atoms with Crippen LogP contribution in [0.5, 0.6) is 0 Å². The SMILES string of the molecule is CCCC[C@H](NC(=O)[C@H](CCCC[C@H](NC(=O)[C@H](C)NC(=O)[C@H](CO)NC(=O)c1ccccn1)C(=O)NC(=O)[C@@H](N)CCCC)NC(=O)[C@H](C)NC(=O)[C@H](CO)NC(=O)c1ccccn1)C(N)=O. The molecule has 0 saturated heterocycles. The molecule has 0 aliphatic carbocycles. The Morgan fingerprint density at radius 1 is 0.500 bits per heavy atom. The summed E-state index contributed by atoms with van der Waals surface area (Å²) in [7, 11) is 0. The molecule has 0 aliphatic heterocycles. The number of hydrogen-bond acceptors (Lipinski definition) is 15. The summed E-state index contributed by atoms with van der Waals surface area (Å²) in [5, 5.41) is 38.9. The molecule has 2 aromatic rings. The standard InChI is InChI=1S/C44H66N12O12/c1-5-7-15-27(45)38(62)56-42(66)32(53-37(61)26(4)50-44(68)34(24-58)55-40(64)30-18-12-14-22-48-30)20-10-9-19-31(41(65)51-28(35(46)59)16-8-6-2)52-36(60)25(3)49-43(67)33(23-57)54-39(63)29-17-11-13-21-47-29/h11-14,17-18,21-22,25-28,31-34,57-58H,5-10,15-16,19-20,23-24,45H2,1-4H3,(H2,46,59)(H,49,67)(H,50,68)(H,51,65)(H,52,60)(H,53,61)(H,54,63)(H,55,64)(H,56,62,66)/t25-,26-,27-,28-,31-,32-,33-,34-/m0/s1. The lowest BCUT2D eigenvalue weighted by molar-refractivity contribution is -0.135. The molecule has 0 fully saturated rings. The predicted molar refractivity (Wildman–Crippen MR) is 244 cm³/mol. The van der Waals surface area contributed by atoms with Crippen LogP contribution in [-0.2, 0) is 38.4 Å². The molecule has 0 aromatic carbocycles. The van der Waals surface area contributed by atoms with Gasteiger partial charge in [0.15, 0.2) is 0 Å². The van der Waals surface area contributed by atoms with Gasteiger partial charge in [0.1, 0.15) is 53.7 Å². The average Bonchev–Trinajstić information content (AvgIpc) is 3.32. The zero-order chi connectivity index (χ0) is 50.8. The summed E-state index contributed by atoms with van der Waals surface area (Å²) in [6.45, 7) is 4.66. The molecule has 2 rings (SSSR count). The second-order valence-electron chi connectivity index (χ2n) is 15.9. The highest BCUT2D eigenvalue weighted by atomic mass is 16.3. The molecule has 0 aliphatic rings. The maximum atomic E-state index is 13.7. The lowest BCUT2D eigenvalue weighted by Crippen LogP contribution is -2.58. The van der Waals surface area contributed by atoms with Crippen LogP contribution in [0, 0.1) is 0 Å². The summed E-state index contributed by atoms with van der Waals surface area (Å²) in [5.74, 6) is -8.51. The summed E-state index contributed by atoms with van der Waals surface area (Å²) in [5.41, 5.74) is 11.5. The molecule has 68 heavy (non-hydrogen) atoms. The summed E-state index contributed by atoms with van der Waals surface area (Å²) >= 11 is 0. The average molecular weight is 955 g/mol. The summed E-state index contributed by atoms with van der Waals surface area (Å²) in [6, 6.07) is -1.53. The first-order valence-corrected chi connectivity index (χ1v) is 22.4. The first kappa shape index (κ1) is 57.2. The number of unbranched alkanes of at least 4 members (excludes halogenated alkanes) is 3. The molecule has 0 spiro atoms. The maximum absolute atomic E-state index is 13.7. The fourth-order valence-corrected chi connectivity index (χ4v) is 6.26. The first-order valence-electron chi connectivity index (χ1n) is 22.4. The third-order valence-electron chi connectivity index (χ3n) is 10.4. The molecule has 2 aromatic heterocycles. The Bertz CT molecular complexity index is 2010. The van der Waals surface area contributed by atoms with E-state index in [0.29, 0.717) is 19.3 Å². The highest BCUT2D eigenvalue weighted by molar-refractivity contribution is 6.02. The molecule has 24 nitrogen and oxygen atoms in total. The van der Waals surface area contributed by atoms with Gasteiger partial charge >= 0.3 is 0 Å². The smallest absolute Gasteiger partial charge is 0.270 e. The summed E-state index contributed by atoms with van der Waals surface area (Å²) < 4.78 is 0. The number of nitrogens with zero attached hydrogens (tertiary/aromatic N) is 2. The van der Waals surface area contributed by atoms with Crippen molar-refractivity contribution in [2.45, 2.75) is 140 Å². The van der Waals surface area contributed by atoms with E-state index in [0.717, 1.165) is 6.42 Å². The monoisotopic (exact) mass is 954 g/mol. The highest BCUT2D eigenvalue weighted by Crippen LogP contribution is 2.11. The summed E-state index contributed by atoms with van der Waals surface area (Å²) in [6.07, 6.45) is 5.59. The van der Waals surface area contributed by atoms with E-state index in [1.807, 2.05) is 13.8 Å². The Hall–Kier alpha value is -6.92. The van der Waals surface area contributed by atoms with Gasteiger partial charge in [0.25, 0.3) is 11.8 Å². The molecule has 8 atom stereocenters. The van der Waals surface area contributed by atoms with Gasteiger partial charge < -0.3 is 58.9 Å². The van der Waals surface area contributed by atoms with Crippen molar-refractivity contribution in [2.24, 2.45) is 11.5 Å². The van der Waals surface area contributed by atoms with Gasteiger partial charge in [-0.1, -0.05) is 64.5 Å². The first-order chi connectivity index (χ1) is 32.4. The zero-order valence-electron chi connectivity index (χ0n) is 38.7. The number of nitrogens with one attached hydrogen (secondary N) is 8. The van der Waals surface area contributed by atoms with Crippen LogP contribution in [-0.4, -0.2) is 141 Å². The fraction of sp³-hybridized carbons (Fsp3) is 0.545. The van der Waals surface area contributed by atoms with Gasteiger partial charge in [-0.15, -0.1) is 0 Å². The number of aromatic nitrogens is 2. The van der Waals surface area contributed by atoms with Crippen LogP contribution in [0.3, 0.4) is 0 Å². The summed E-state index contributed by atoms with van der Waals surface area (Å²) in [4.78, 5) is 138. The van der Waals surface area contributed by atoms with Crippen molar-refractivity contribution in [3.8, 4) is 0 Å². The van der Waals surface area contributed by atoms with Gasteiger partial charge in [0.2, 0.25) is 47.3 Å². The van der Waals surface area contributed by atoms with Gasteiger partial charge in [-0.2, -0.15) is 0 Å². The molecule has 374 valence electrons. The van der Waals surface area contributed by atoms with Crippen LogP contribution in [0.2, 0.25) is 0 Å². The van der Waals surface area contributed by atoms with Crippen molar-refractivity contribution >= 4 is 59.1 Å². The van der Waals surface area contributed by atoms with E-state index in [1.54, 1.807) is 24.3 Å². The molecule has 0 bridgehead atoms. The van der Waals surface area contributed by atoms with Crippen molar-refractivity contribution in [3.63, 3.8) is 0 Å². The van der Waals surface area contributed by atoms with Crippen molar-refractivity contribution < 1.29 is 58.2 Å². The third kappa shape index (κ3) is 19.9. The third-order valence-corrected chi connectivity index (χ3v) is 10.4. The molecule has 0 saturated carbocycles. The van der Waals surface area contributed by atoms with Gasteiger partial charge in [0.05, 0.1) is 19.3 Å². The van der Waals surface area contributed by atoms with Crippen LogP contribution >= 0.6 is 0 Å². The number of pyridine rings is 2. The van der Waals surface area contributed by atoms with Crippen molar-refractivity contribution in [1.29, 1.82) is 0 Å². The lowest BCUT2D eigenvalue weighted by Gasteiger charge is -2.25. The normalized spacial score (nSPS) is 14.4. The number of imide groups is 1. The molecule has 14 N–H and O–H groups in total. The van der Waals surface area contributed by atoms with E-state index in [9.17, 15) is 58.2 Å². The van der Waals surface area contributed by atoms with Crippen molar-refractivity contribution in [1.82, 2.24) is 52.5 Å². The second kappa shape index (κ2) is 30.4. The number of aliphatic hydroxyl groups excluding tert-OH is 2. The van der Waals surface area contributed by atoms with Crippen LogP contribution < -0.4 is 54.0 Å². The number of rotatable bonds is 30. The van der Waals surface area contributed by atoms with E-state index in [4.69, 9.17) is 11.5 Å². The molecular weight excluding hydrogens is 889 g/mol. The largest absolute Gasteiger partial charge is 0.394 e. The number of nitrogens with two attached hydrogens (primary N) is 2. The number of amides is 10. The number of carbonyl (C=O) groups excluding carboxylic acids is 10. The number of primary amides is 1. The predicted octanol–water partition coefficient (Wildman–Crippen LogP) is -2.78. The zero-order valence-corrected chi connectivity index (χ0v) is 38.7. The minimum Gasteiger partial charge on any atom is -0.394 e. The van der Waals surface area contributed by atoms with E-state index in [-0.39, 0.29) is 49.9 Å². The van der Waals surface area contributed by atoms with E-state index < -0.39 is 121 Å². The molecule has 0 unspecified atom stereocenters. The number of carbonyl (C=O) groups is 10. The molecule has 2 heterocycles. The van der Waals surface area contributed by atoms with Crippen LogP contribution in [0.4, 0.5) is 0 Å². The van der Waals surface area contributed by atoms with Gasteiger partial charge in [-0.25, -0.2) is 0 Å². The minimum atomic E-state index is -1.49. The molecule has 10 amide bonds. The Kier molecular flexibility index (Phi) is 25.6. The fourth-order valence-electron chi connectivity index (χ4n) is 6.26. The Balaban J connectivity index is 2.24. The van der Waals surface area contributed by atoms with E-state index in [2.05, 4.69) is 52.5 Å². The van der Waals surface area contributed by atoms with Crippen LogP contribution in [0.15, 0.2) is 48.8 Å². The van der Waals surface area contributed by atoms with Gasteiger partial charge in [-0.05, 0) is 63.8 Å². The van der Waals surface area contributed by atoms with Gasteiger partial charge in [0, 0.05) is 12.4 Å². The minimum absolute atomic E-state index is 0.0302. The Morgan fingerprint density at radius 3 is 1.29 bits per heavy atom. The topological polar surface area (TPSA) is 385 Å². The van der Waals surface area contributed by atoms with Gasteiger partial charge in [-0.3, -0.25) is 63.2 Å². The number of hydrogen-bond donors (Lipinski definition) is 12. The molecule has 0 radical (unpaired) electrons.